The van der Waals surface area contributed by atoms with Gasteiger partial charge in [-0.1, -0.05) is 56.8 Å². The van der Waals surface area contributed by atoms with Gasteiger partial charge in [-0.3, -0.25) is 14.7 Å². The Bertz CT molecular complexity index is 1350. The second-order valence-electron chi connectivity index (χ2n) is 8.38. The van der Waals surface area contributed by atoms with Gasteiger partial charge >= 0.3 is 5.97 Å². The molecule has 33 heavy (non-hydrogen) atoms. The Morgan fingerprint density at radius 3 is 2.52 bits per heavy atom. The fourth-order valence-electron chi connectivity index (χ4n) is 3.24. The zero-order chi connectivity index (χ0) is 23.6. The summed E-state index contributed by atoms with van der Waals surface area (Å²) in [5.41, 5.74) is 1.93. The number of fused-ring (bicyclic) bond motifs is 1. The molecule has 170 valence electrons. The number of methoxy groups -OCH3 is 1. The fourth-order valence-corrected chi connectivity index (χ4v) is 3.96. The molecule has 4 rings (SSSR count). The van der Waals surface area contributed by atoms with Gasteiger partial charge < -0.3 is 9.47 Å². The van der Waals surface area contributed by atoms with Crippen molar-refractivity contribution in [1.82, 2.24) is 19.6 Å². The second-order valence-corrected chi connectivity index (χ2v) is 9.32. The largest absolute Gasteiger partial charge is 0.496 e. The first-order valence-corrected chi connectivity index (χ1v) is 11.3. The van der Waals surface area contributed by atoms with E-state index in [9.17, 15) is 9.59 Å². The van der Waals surface area contributed by atoms with Crippen LogP contribution in [-0.4, -0.2) is 38.4 Å². The summed E-state index contributed by atoms with van der Waals surface area (Å²) >= 11 is 1.15. The number of ether oxygens (including phenoxy) is 2. The molecule has 0 fully saturated rings. The maximum atomic E-state index is 12.5. The standard InChI is InChI=1S/C24H24N4O4S/c1-24(2,3)15-9-11-16(12-10-15)32-21(30)14-33-23-26-22(17-7-5-6-8-18(17)31-4)25-19-13-20(29)27-28(19)23/h5-13H,14H2,1-4H3,(H,27,29). The average Bonchev–Trinajstić information content (AvgIpc) is 3.17. The predicted octanol–water partition coefficient (Wildman–Crippen LogP) is 4.09. The van der Waals surface area contributed by atoms with E-state index in [1.54, 1.807) is 25.3 Å². The van der Waals surface area contributed by atoms with Crippen molar-refractivity contribution in [2.45, 2.75) is 31.3 Å². The van der Waals surface area contributed by atoms with Crippen LogP contribution in [0.2, 0.25) is 0 Å². The van der Waals surface area contributed by atoms with Crippen LogP contribution in [0, 0.1) is 0 Å². The Hall–Kier alpha value is -3.59. The van der Waals surface area contributed by atoms with Crippen LogP contribution in [0.15, 0.2) is 64.5 Å². The lowest BCUT2D eigenvalue weighted by molar-refractivity contribution is -0.131. The van der Waals surface area contributed by atoms with Gasteiger partial charge in [0.15, 0.2) is 16.6 Å². The first-order valence-electron chi connectivity index (χ1n) is 10.3. The number of thioether (sulfide) groups is 1. The van der Waals surface area contributed by atoms with Crippen molar-refractivity contribution >= 4 is 23.4 Å². The van der Waals surface area contributed by atoms with Crippen molar-refractivity contribution in [3.05, 3.63) is 70.5 Å². The predicted molar refractivity (Wildman–Crippen MR) is 127 cm³/mol. The molecule has 0 unspecified atom stereocenters. The van der Waals surface area contributed by atoms with E-state index >= 15 is 0 Å². The van der Waals surface area contributed by atoms with Crippen LogP contribution in [0.5, 0.6) is 11.5 Å². The Kier molecular flexibility index (Phi) is 6.24. The maximum Gasteiger partial charge on any atom is 0.321 e. The van der Waals surface area contributed by atoms with E-state index in [2.05, 4.69) is 35.8 Å². The van der Waals surface area contributed by atoms with Crippen LogP contribution in [0.4, 0.5) is 0 Å². The molecule has 0 saturated heterocycles. The highest BCUT2D eigenvalue weighted by molar-refractivity contribution is 7.99. The number of aromatic amines is 1. The van der Waals surface area contributed by atoms with Crippen molar-refractivity contribution in [2.75, 3.05) is 12.9 Å². The van der Waals surface area contributed by atoms with Crippen LogP contribution in [-0.2, 0) is 10.2 Å². The second kappa shape index (κ2) is 9.11. The van der Waals surface area contributed by atoms with Crippen molar-refractivity contribution in [2.24, 2.45) is 0 Å². The minimum Gasteiger partial charge on any atom is -0.496 e. The van der Waals surface area contributed by atoms with E-state index in [1.807, 2.05) is 30.3 Å². The zero-order valence-corrected chi connectivity index (χ0v) is 19.6. The molecular formula is C24H24N4O4S. The van der Waals surface area contributed by atoms with Gasteiger partial charge in [0, 0.05) is 6.07 Å². The molecule has 0 aliphatic carbocycles. The summed E-state index contributed by atoms with van der Waals surface area (Å²) in [6, 6.07) is 16.2. The van der Waals surface area contributed by atoms with E-state index in [0.717, 1.165) is 17.3 Å². The molecule has 0 aliphatic heterocycles. The summed E-state index contributed by atoms with van der Waals surface area (Å²) in [6.07, 6.45) is 0. The molecule has 2 aromatic carbocycles. The van der Waals surface area contributed by atoms with Crippen molar-refractivity contribution in [3.8, 4) is 22.9 Å². The number of H-pyrrole nitrogens is 1. The molecule has 0 saturated carbocycles. The number of hydrogen-bond donors (Lipinski definition) is 1. The van der Waals surface area contributed by atoms with Crippen LogP contribution in [0.3, 0.4) is 0 Å². The normalized spacial score (nSPS) is 11.5. The van der Waals surface area contributed by atoms with Crippen molar-refractivity contribution in [3.63, 3.8) is 0 Å². The van der Waals surface area contributed by atoms with E-state index in [-0.39, 0.29) is 16.7 Å². The third-order valence-electron chi connectivity index (χ3n) is 4.94. The van der Waals surface area contributed by atoms with Gasteiger partial charge in [0.1, 0.15) is 11.5 Å². The number of carbonyl (C=O) groups is 1. The van der Waals surface area contributed by atoms with Gasteiger partial charge in [0.25, 0.3) is 5.56 Å². The van der Waals surface area contributed by atoms with Gasteiger partial charge in [0.05, 0.1) is 18.4 Å². The quantitative estimate of drug-likeness (QED) is 0.261. The minimum absolute atomic E-state index is 0.00128. The van der Waals surface area contributed by atoms with Crippen LogP contribution in [0.1, 0.15) is 26.3 Å². The van der Waals surface area contributed by atoms with E-state index < -0.39 is 5.97 Å². The maximum absolute atomic E-state index is 12.5. The van der Waals surface area contributed by atoms with E-state index in [4.69, 9.17) is 9.47 Å². The molecule has 0 amide bonds. The summed E-state index contributed by atoms with van der Waals surface area (Å²) in [7, 11) is 1.57. The molecule has 9 heteroatoms. The summed E-state index contributed by atoms with van der Waals surface area (Å²) in [6.45, 7) is 6.37. The number of hydrogen-bond acceptors (Lipinski definition) is 7. The summed E-state index contributed by atoms with van der Waals surface area (Å²) in [5.74, 6) is 1.04. The number of esters is 1. The summed E-state index contributed by atoms with van der Waals surface area (Å²) < 4.78 is 12.3. The average molecular weight is 465 g/mol. The monoisotopic (exact) mass is 464 g/mol. The molecule has 8 nitrogen and oxygen atoms in total. The topological polar surface area (TPSA) is 98.6 Å². The highest BCUT2D eigenvalue weighted by Gasteiger charge is 2.17. The van der Waals surface area contributed by atoms with Crippen LogP contribution >= 0.6 is 11.8 Å². The smallest absolute Gasteiger partial charge is 0.321 e. The number of benzene rings is 2. The first-order chi connectivity index (χ1) is 15.7. The lowest BCUT2D eigenvalue weighted by Crippen LogP contribution is -2.13. The van der Waals surface area contributed by atoms with E-state index in [0.29, 0.717) is 33.7 Å². The molecule has 0 aliphatic rings. The van der Waals surface area contributed by atoms with Gasteiger partial charge in [-0.05, 0) is 35.2 Å². The number of para-hydroxylation sites is 1. The Morgan fingerprint density at radius 2 is 1.82 bits per heavy atom. The Morgan fingerprint density at radius 1 is 1.09 bits per heavy atom. The van der Waals surface area contributed by atoms with Gasteiger partial charge in [0.2, 0.25) is 0 Å². The van der Waals surface area contributed by atoms with Crippen LogP contribution in [0.25, 0.3) is 17.0 Å². The lowest BCUT2D eigenvalue weighted by Gasteiger charge is -2.18. The highest BCUT2D eigenvalue weighted by atomic mass is 32.2. The van der Waals surface area contributed by atoms with Gasteiger partial charge in [-0.2, -0.15) is 0 Å². The highest BCUT2D eigenvalue weighted by Crippen LogP contribution is 2.29. The number of nitrogens with one attached hydrogen (secondary N) is 1. The third-order valence-corrected chi connectivity index (χ3v) is 5.86. The molecule has 0 atom stereocenters. The minimum atomic E-state index is -0.427. The summed E-state index contributed by atoms with van der Waals surface area (Å²) in [4.78, 5) is 33.4. The Labute approximate surface area is 195 Å². The number of carbonyl (C=O) groups excluding carboxylic acids is 1. The van der Waals surface area contributed by atoms with Crippen molar-refractivity contribution < 1.29 is 14.3 Å². The SMILES string of the molecule is COc1ccccc1-c1nc(SCC(=O)Oc2ccc(C(C)(C)C)cc2)n2[nH]c(=O)cc2n1. The molecular weight excluding hydrogens is 440 g/mol. The molecule has 2 aromatic heterocycles. The third kappa shape index (κ3) is 5.09. The number of aromatic nitrogens is 4. The first kappa shape index (κ1) is 22.6. The Balaban J connectivity index is 1.55. The molecule has 4 aromatic rings. The summed E-state index contributed by atoms with van der Waals surface area (Å²) in [5, 5.41) is 3.07. The molecule has 1 N–H and O–H groups in total. The molecule has 0 spiro atoms. The lowest BCUT2D eigenvalue weighted by atomic mass is 9.87. The number of rotatable bonds is 6. The van der Waals surface area contributed by atoms with Gasteiger partial charge in [-0.15, -0.1) is 0 Å². The molecule has 2 heterocycles. The van der Waals surface area contributed by atoms with Crippen LogP contribution < -0.4 is 15.0 Å². The molecule has 0 radical (unpaired) electrons. The number of nitrogens with zero attached hydrogens (tertiary/aromatic N) is 3. The fraction of sp³-hybridized carbons (Fsp3) is 0.250. The van der Waals surface area contributed by atoms with E-state index in [1.165, 1.54) is 10.6 Å². The molecule has 0 bridgehead atoms. The van der Waals surface area contributed by atoms with Crippen molar-refractivity contribution in [1.29, 1.82) is 0 Å². The van der Waals surface area contributed by atoms with Gasteiger partial charge in [-0.25, -0.2) is 14.5 Å². The zero-order valence-electron chi connectivity index (χ0n) is 18.8.